The number of aromatic nitrogens is 4. The number of fused-ring (bicyclic) bond motifs is 2. The molecule has 0 bridgehead atoms. The molecule has 2 unspecified atom stereocenters. The van der Waals surface area contributed by atoms with Crippen LogP contribution in [-0.4, -0.2) is 38.9 Å². The number of benzene rings is 1. The fourth-order valence-corrected chi connectivity index (χ4v) is 5.03. The number of thiazole rings is 1. The van der Waals surface area contributed by atoms with Gasteiger partial charge < -0.3 is 10.1 Å². The highest BCUT2D eigenvalue weighted by Crippen LogP contribution is 2.36. The van der Waals surface area contributed by atoms with Gasteiger partial charge in [0, 0.05) is 43.0 Å². The Hall–Kier alpha value is -2.38. The molecule has 1 saturated heterocycles. The molecule has 4 aromatic rings. The van der Waals surface area contributed by atoms with Crippen LogP contribution in [0, 0.1) is 0 Å². The van der Waals surface area contributed by atoms with Crippen LogP contribution < -0.4 is 10.1 Å². The average molecular weight is 382 g/mol. The van der Waals surface area contributed by atoms with Gasteiger partial charge in [0.05, 0.1) is 17.7 Å². The topological polar surface area (TPSA) is 56.4 Å². The Kier molecular flexibility index (Phi) is 3.94. The van der Waals surface area contributed by atoms with Crippen molar-refractivity contribution in [1.82, 2.24) is 24.5 Å². The molecule has 1 fully saturated rings. The lowest BCUT2D eigenvalue weighted by Gasteiger charge is -2.26. The third-order valence-corrected chi connectivity index (χ3v) is 6.45. The van der Waals surface area contributed by atoms with Crippen molar-refractivity contribution in [3.05, 3.63) is 36.4 Å². The molecule has 1 aliphatic rings. The molecule has 4 heterocycles. The molecule has 6 nitrogen and oxygen atoms in total. The number of nitrogens with one attached hydrogen (secondary N) is 1. The van der Waals surface area contributed by atoms with Crippen LogP contribution in [0.3, 0.4) is 0 Å². The molecule has 0 radical (unpaired) electrons. The summed E-state index contributed by atoms with van der Waals surface area (Å²) in [5.41, 5.74) is 3.26. The number of rotatable bonds is 3. The summed E-state index contributed by atoms with van der Waals surface area (Å²) in [6, 6.07) is 4.80. The van der Waals surface area contributed by atoms with Crippen molar-refractivity contribution in [1.29, 1.82) is 0 Å². The smallest absolute Gasteiger partial charge is 0.194 e. The fourth-order valence-electron chi connectivity index (χ4n) is 4.07. The molecule has 0 amide bonds. The van der Waals surface area contributed by atoms with E-state index in [4.69, 9.17) is 9.72 Å². The Labute approximate surface area is 161 Å². The molecule has 2 atom stereocenters. The molecule has 1 aromatic carbocycles. The Morgan fingerprint density at radius 2 is 2.15 bits per heavy atom. The zero-order chi connectivity index (χ0) is 18.5. The summed E-state index contributed by atoms with van der Waals surface area (Å²) >= 11 is 1.72. The number of nitrogens with zero attached hydrogens (tertiary/aromatic N) is 4. The fraction of sp³-hybridized carbons (Fsp3) is 0.400. The van der Waals surface area contributed by atoms with Crippen LogP contribution in [0.1, 0.15) is 31.4 Å². The highest BCUT2D eigenvalue weighted by molar-refractivity contribution is 7.20. The summed E-state index contributed by atoms with van der Waals surface area (Å²) in [6.45, 7) is 3.33. The number of piperidine rings is 1. The van der Waals surface area contributed by atoms with Crippen molar-refractivity contribution in [3.63, 3.8) is 0 Å². The molecule has 1 N–H and O–H groups in total. The van der Waals surface area contributed by atoms with E-state index in [2.05, 4.69) is 46.3 Å². The Balaban J connectivity index is 1.52. The minimum Gasteiger partial charge on any atom is -0.494 e. The lowest BCUT2D eigenvalue weighted by Crippen LogP contribution is -2.34. The van der Waals surface area contributed by atoms with Crippen LogP contribution in [0.4, 0.5) is 0 Å². The van der Waals surface area contributed by atoms with E-state index in [1.165, 1.54) is 10.6 Å². The van der Waals surface area contributed by atoms with Gasteiger partial charge in [-0.15, -0.1) is 0 Å². The number of hydrogen-bond donors (Lipinski definition) is 1. The second-order valence-corrected chi connectivity index (χ2v) is 8.46. The van der Waals surface area contributed by atoms with E-state index >= 15 is 0 Å². The van der Waals surface area contributed by atoms with E-state index in [0.717, 1.165) is 46.6 Å². The van der Waals surface area contributed by atoms with Crippen molar-refractivity contribution in [2.75, 3.05) is 13.7 Å². The highest BCUT2D eigenvalue weighted by atomic mass is 32.1. The first-order chi connectivity index (χ1) is 13.1. The number of ether oxygens (including phenoxy) is 1. The lowest BCUT2D eigenvalue weighted by molar-refractivity contribution is 0.377. The second kappa shape index (κ2) is 6.35. The maximum Gasteiger partial charge on any atom is 0.194 e. The van der Waals surface area contributed by atoms with Gasteiger partial charge in [0.1, 0.15) is 11.3 Å². The number of aryl methyl sites for hydroxylation is 1. The molecule has 140 valence electrons. The standard InChI is InChI=1S/C20H23N5OS/c1-12-6-13(4-5-21-12)16-10-25-11-18(27-20(25)22-16)14-7-15-9-24(2)23-19(15)17(8-14)26-3/h7-13,21H,4-6H2,1-3H3. The van der Waals surface area contributed by atoms with Gasteiger partial charge in [-0.05, 0) is 44.0 Å². The van der Waals surface area contributed by atoms with Gasteiger partial charge in [-0.2, -0.15) is 5.10 Å². The summed E-state index contributed by atoms with van der Waals surface area (Å²) < 4.78 is 9.56. The minimum atomic E-state index is 0.559. The van der Waals surface area contributed by atoms with E-state index in [0.29, 0.717) is 12.0 Å². The van der Waals surface area contributed by atoms with Crippen molar-refractivity contribution in [2.24, 2.45) is 7.05 Å². The summed E-state index contributed by atoms with van der Waals surface area (Å²) in [5, 5.41) is 9.10. The zero-order valence-corrected chi connectivity index (χ0v) is 16.6. The van der Waals surface area contributed by atoms with Crippen molar-refractivity contribution < 1.29 is 4.74 Å². The molecule has 0 aliphatic carbocycles. The van der Waals surface area contributed by atoms with Gasteiger partial charge in [-0.1, -0.05) is 11.3 Å². The predicted molar refractivity (Wildman–Crippen MR) is 109 cm³/mol. The van der Waals surface area contributed by atoms with Crippen LogP contribution in [0.2, 0.25) is 0 Å². The van der Waals surface area contributed by atoms with Crippen molar-refractivity contribution >= 4 is 27.2 Å². The SMILES string of the molecule is COc1cc(-c2cn3cc(C4CCNC(C)C4)nc3s2)cc2cn(C)nc12. The first kappa shape index (κ1) is 16.8. The minimum absolute atomic E-state index is 0.559. The number of methoxy groups -OCH3 is 1. The maximum absolute atomic E-state index is 5.57. The Morgan fingerprint density at radius 3 is 2.93 bits per heavy atom. The third kappa shape index (κ3) is 2.91. The summed E-state index contributed by atoms with van der Waals surface area (Å²) in [7, 11) is 3.63. The predicted octanol–water partition coefficient (Wildman–Crippen LogP) is 3.81. The van der Waals surface area contributed by atoms with Gasteiger partial charge >= 0.3 is 0 Å². The van der Waals surface area contributed by atoms with Gasteiger partial charge in [0.15, 0.2) is 4.96 Å². The van der Waals surface area contributed by atoms with Crippen LogP contribution in [0.5, 0.6) is 5.75 Å². The van der Waals surface area contributed by atoms with Crippen molar-refractivity contribution in [3.8, 4) is 16.2 Å². The Bertz CT molecular complexity index is 1090. The van der Waals surface area contributed by atoms with Crippen LogP contribution in [-0.2, 0) is 7.05 Å². The highest BCUT2D eigenvalue weighted by Gasteiger charge is 2.23. The van der Waals surface area contributed by atoms with E-state index in [9.17, 15) is 0 Å². The van der Waals surface area contributed by atoms with Gasteiger partial charge in [-0.25, -0.2) is 4.98 Å². The zero-order valence-electron chi connectivity index (χ0n) is 15.8. The van der Waals surface area contributed by atoms with Crippen molar-refractivity contribution in [2.45, 2.75) is 31.7 Å². The second-order valence-electron chi connectivity index (χ2n) is 7.45. The summed E-state index contributed by atoms with van der Waals surface area (Å²) in [6.07, 6.45) is 8.73. The first-order valence-electron chi connectivity index (χ1n) is 9.34. The number of hydrogen-bond acceptors (Lipinski definition) is 5. The van der Waals surface area contributed by atoms with Gasteiger partial charge in [0.25, 0.3) is 0 Å². The maximum atomic E-state index is 5.57. The average Bonchev–Trinajstić information content (AvgIpc) is 3.32. The third-order valence-electron chi connectivity index (χ3n) is 5.41. The Morgan fingerprint density at radius 1 is 1.26 bits per heavy atom. The van der Waals surface area contributed by atoms with E-state index in [1.807, 2.05) is 17.9 Å². The van der Waals surface area contributed by atoms with E-state index in [1.54, 1.807) is 18.4 Å². The normalized spacial score (nSPS) is 20.6. The lowest BCUT2D eigenvalue weighted by atomic mass is 9.91. The van der Waals surface area contributed by atoms with Crippen LogP contribution in [0.15, 0.2) is 30.7 Å². The molecule has 7 heteroatoms. The molecule has 3 aromatic heterocycles. The molecular formula is C20H23N5OS. The monoisotopic (exact) mass is 381 g/mol. The van der Waals surface area contributed by atoms with Crippen LogP contribution in [0.25, 0.3) is 26.3 Å². The molecule has 0 saturated carbocycles. The van der Waals surface area contributed by atoms with E-state index in [-0.39, 0.29) is 0 Å². The number of imidazole rings is 1. The molecule has 5 rings (SSSR count). The molecule has 0 spiro atoms. The van der Waals surface area contributed by atoms with Gasteiger partial charge in [0.2, 0.25) is 0 Å². The largest absolute Gasteiger partial charge is 0.494 e. The molecular weight excluding hydrogens is 358 g/mol. The molecule has 27 heavy (non-hydrogen) atoms. The molecule has 1 aliphatic heterocycles. The summed E-state index contributed by atoms with van der Waals surface area (Å²) in [4.78, 5) is 7.17. The van der Waals surface area contributed by atoms with Gasteiger partial charge in [-0.3, -0.25) is 9.08 Å². The summed E-state index contributed by atoms with van der Waals surface area (Å²) in [5.74, 6) is 1.36. The van der Waals surface area contributed by atoms with Crippen LogP contribution >= 0.6 is 11.3 Å². The van der Waals surface area contributed by atoms with E-state index < -0.39 is 0 Å². The quantitative estimate of drug-likeness (QED) is 0.586. The first-order valence-corrected chi connectivity index (χ1v) is 10.2.